The van der Waals surface area contributed by atoms with E-state index in [1.54, 1.807) is 0 Å². The summed E-state index contributed by atoms with van der Waals surface area (Å²) < 4.78 is 0. The van der Waals surface area contributed by atoms with Gasteiger partial charge in [-0.15, -0.1) is 0 Å². The summed E-state index contributed by atoms with van der Waals surface area (Å²) in [5.74, 6) is -0.380. The van der Waals surface area contributed by atoms with Gasteiger partial charge in [0.2, 0.25) is 5.91 Å². The molecule has 114 valence electrons. The fourth-order valence-corrected chi connectivity index (χ4v) is 2.69. The smallest absolute Gasteiger partial charge is 0.307 e. The van der Waals surface area contributed by atoms with Gasteiger partial charge < -0.3 is 15.3 Å². The highest BCUT2D eigenvalue weighted by molar-refractivity contribution is 5.81. The average Bonchev–Trinajstić information content (AvgIpc) is 3.11. The number of piperidine rings is 1. The molecule has 2 N–H and O–H groups in total. The van der Waals surface area contributed by atoms with Gasteiger partial charge >= 0.3 is 5.97 Å². The van der Waals surface area contributed by atoms with Gasteiger partial charge in [0.25, 0.3) is 0 Å². The second-order valence-electron chi connectivity index (χ2n) is 7.35. The molecule has 0 radical (unpaired) electrons. The highest BCUT2D eigenvalue weighted by atomic mass is 16.4. The monoisotopic (exact) mass is 282 g/mol. The Kier molecular flexibility index (Phi) is 4.37. The van der Waals surface area contributed by atoms with Crippen molar-refractivity contribution < 1.29 is 14.7 Å². The Morgan fingerprint density at radius 2 is 1.90 bits per heavy atom. The maximum absolute atomic E-state index is 12.1. The summed E-state index contributed by atoms with van der Waals surface area (Å²) in [6.45, 7) is 8.01. The Bertz CT molecular complexity index is 385. The van der Waals surface area contributed by atoms with E-state index in [0.29, 0.717) is 13.0 Å². The summed E-state index contributed by atoms with van der Waals surface area (Å²) in [7, 11) is 0. The van der Waals surface area contributed by atoms with Crippen molar-refractivity contribution in [2.24, 2.45) is 17.3 Å². The van der Waals surface area contributed by atoms with Crippen LogP contribution >= 0.6 is 0 Å². The minimum absolute atomic E-state index is 0.0000827. The van der Waals surface area contributed by atoms with E-state index < -0.39 is 11.4 Å². The van der Waals surface area contributed by atoms with Crippen molar-refractivity contribution in [1.29, 1.82) is 0 Å². The maximum Gasteiger partial charge on any atom is 0.307 e. The minimum atomic E-state index is -0.750. The predicted octanol–water partition coefficient (Wildman–Crippen LogP) is 1.33. The molecule has 5 heteroatoms. The molecule has 1 amide bonds. The number of nitrogens with one attached hydrogen (secondary N) is 1. The first-order valence-corrected chi connectivity index (χ1v) is 7.52. The van der Waals surface area contributed by atoms with Gasteiger partial charge in [0.15, 0.2) is 0 Å². The lowest BCUT2D eigenvalue weighted by Gasteiger charge is -2.37. The van der Waals surface area contributed by atoms with E-state index in [0.717, 1.165) is 19.0 Å². The van der Waals surface area contributed by atoms with E-state index in [-0.39, 0.29) is 17.9 Å². The number of hydrogen-bond donors (Lipinski definition) is 2. The van der Waals surface area contributed by atoms with Crippen LogP contribution in [0, 0.1) is 17.3 Å². The van der Waals surface area contributed by atoms with Gasteiger partial charge in [-0.2, -0.15) is 0 Å². The van der Waals surface area contributed by atoms with E-state index in [9.17, 15) is 14.7 Å². The number of rotatable bonds is 4. The molecule has 2 fully saturated rings. The molecule has 0 aromatic carbocycles. The highest BCUT2D eigenvalue weighted by Gasteiger charge is 2.36. The van der Waals surface area contributed by atoms with Crippen molar-refractivity contribution in [3.63, 3.8) is 0 Å². The zero-order chi connectivity index (χ0) is 14.9. The minimum Gasteiger partial charge on any atom is -0.481 e. The Morgan fingerprint density at radius 1 is 1.25 bits per heavy atom. The van der Waals surface area contributed by atoms with Crippen LogP contribution in [0.15, 0.2) is 0 Å². The normalized spacial score (nSPS) is 28.1. The van der Waals surface area contributed by atoms with Crippen LogP contribution in [0.1, 0.15) is 40.0 Å². The number of carboxylic acids is 1. The molecule has 5 nitrogen and oxygen atoms in total. The summed E-state index contributed by atoms with van der Waals surface area (Å²) >= 11 is 0. The third-order valence-electron chi connectivity index (χ3n) is 4.11. The molecule has 2 aliphatic rings. The van der Waals surface area contributed by atoms with Crippen molar-refractivity contribution in [2.45, 2.75) is 46.1 Å². The van der Waals surface area contributed by atoms with Gasteiger partial charge in [-0.3, -0.25) is 9.59 Å². The molecule has 0 aromatic rings. The van der Waals surface area contributed by atoms with Crippen molar-refractivity contribution in [2.75, 3.05) is 19.6 Å². The van der Waals surface area contributed by atoms with Gasteiger partial charge in [0.05, 0.1) is 5.92 Å². The Hall–Kier alpha value is -1.10. The molecule has 1 heterocycles. The predicted molar refractivity (Wildman–Crippen MR) is 76.3 cm³/mol. The van der Waals surface area contributed by atoms with E-state index in [2.05, 4.69) is 10.2 Å². The lowest BCUT2D eigenvalue weighted by atomic mass is 9.91. The number of carbonyl (C=O) groups is 2. The molecule has 0 bridgehead atoms. The van der Waals surface area contributed by atoms with Crippen LogP contribution in [0.2, 0.25) is 0 Å². The Labute approximate surface area is 120 Å². The number of nitrogens with zero attached hydrogens (tertiary/aromatic N) is 1. The molecule has 2 unspecified atom stereocenters. The third-order valence-corrected chi connectivity index (χ3v) is 4.11. The zero-order valence-corrected chi connectivity index (χ0v) is 12.7. The van der Waals surface area contributed by atoms with Crippen LogP contribution in [-0.4, -0.2) is 47.6 Å². The van der Waals surface area contributed by atoms with Crippen LogP contribution in [0.4, 0.5) is 0 Å². The molecular weight excluding hydrogens is 256 g/mol. The lowest BCUT2D eigenvalue weighted by Crippen LogP contribution is -2.54. The van der Waals surface area contributed by atoms with Crippen LogP contribution in [0.5, 0.6) is 0 Å². The van der Waals surface area contributed by atoms with Crippen LogP contribution in [-0.2, 0) is 9.59 Å². The molecule has 1 saturated carbocycles. The van der Waals surface area contributed by atoms with Gasteiger partial charge in [-0.25, -0.2) is 0 Å². The third kappa shape index (κ3) is 4.20. The lowest BCUT2D eigenvalue weighted by molar-refractivity contribution is -0.145. The molecule has 2 rings (SSSR count). The fraction of sp³-hybridized carbons (Fsp3) is 0.867. The van der Waals surface area contributed by atoms with E-state index in [4.69, 9.17) is 0 Å². The topological polar surface area (TPSA) is 69.6 Å². The number of carboxylic acid groups (broad SMARTS) is 1. The van der Waals surface area contributed by atoms with E-state index in [1.165, 1.54) is 12.8 Å². The van der Waals surface area contributed by atoms with E-state index >= 15 is 0 Å². The molecular formula is C15H26N2O3. The van der Waals surface area contributed by atoms with Crippen molar-refractivity contribution in [3.05, 3.63) is 0 Å². The summed E-state index contributed by atoms with van der Waals surface area (Å²) in [6, 6.07) is -0.0460. The number of amides is 1. The molecule has 2 atom stereocenters. The molecule has 1 aliphatic carbocycles. The van der Waals surface area contributed by atoms with Crippen LogP contribution < -0.4 is 5.32 Å². The van der Waals surface area contributed by atoms with Crippen LogP contribution in [0.3, 0.4) is 0 Å². The van der Waals surface area contributed by atoms with Gasteiger partial charge in [0, 0.05) is 31.1 Å². The number of hydrogen-bond acceptors (Lipinski definition) is 3. The second-order valence-corrected chi connectivity index (χ2v) is 7.35. The zero-order valence-electron chi connectivity index (χ0n) is 12.7. The summed E-state index contributed by atoms with van der Waals surface area (Å²) in [5.41, 5.74) is -0.433. The van der Waals surface area contributed by atoms with Crippen molar-refractivity contribution in [1.82, 2.24) is 10.2 Å². The summed E-state index contributed by atoms with van der Waals surface area (Å²) in [6.07, 6.45) is 3.05. The van der Waals surface area contributed by atoms with Crippen molar-refractivity contribution in [3.8, 4) is 0 Å². The first-order chi connectivity index (χ1) is 9.25. The first-order valence-electron chi connectivity index (χ1n) is 7.52. The second kappa shape index (κ2) is 5.72. The molecule has 1 aliphatic heterocycles. The SMILES string of the molecule is CC(C)(C)C(=O)NC1CC(C(=O)O)CN(CC2CC2)C1. The fourth-order valence-electron chi connectivity index (χ4n) is 2.69. The summed E-state index contributed by atoms with van der Waals surface area (Å²) in [5, 5.41) is 12.3. The molecule has 0 aromatic heterocycles. The van der Waals surface area contributed by atoms with Crippen LogP contribution in [0.25, 0.3) is 0 Å². The number of aliphatic carboxylic acids is 1. The average molecular weight is 282 g/mol. The largest absolute Gasteiger partial charge is 0.481 e. The first kappa shape index (κ1) is 15.3. The van der Waals surface area contributed by atoms with Gasteiger partial charge in [-0.1, -0.05) is 20.8 Å². The maximum atomic E-state index is 12.1. The molecule has 0 spiro atoms. The van der Waals surface area contributed by atoms with Gasteiger partial charge in [0.1, 0.15) is 0 Å². The quantitative estimate of drug-likeness (QED) is 0.816. The number of likely N-dealkylation sites (tertiary alicyclic amines) is 1. The van der Waals surface area contributed by atoms with Crippen molar-refractivity contribution >= 4 is 11.9 Å². The van der Waals surface area contributed by atoms with Gasteiger partial charge in [-0.05, 0) is 25.2 Å². The Balaban J connectivity index is 1.95. The highest BCUT2D eigenvalue weighted by Crippen LogP contribution is 2.31. The molecule has 1 saturated heterocycles. The van der Waals surface area contributed by atoms with E-state index in [1.807, 2.05) is 20.8 Å². The standard InChI is InChI=1S/C15H26N2O3/c1-15(2,3)14(20)16-12-6-11(13(18)19)8-17(9-12)7-10-4-5-10/h10-12H,4-9H2,1-3H3,(H,16,20)(H,18,19). The molecule has 20 heavy (non-hydrogen) atoms. The number of carbonyl (C=O) groups excluding carboxylic acids is 1. The Morgan fingerprint density at radius 3 is 2.40 bits per heavy atom. The summed E-state index contributed by atoms with van der Waals surface area (Å²) in [4.78, 5) is 25.6.